The number of nitrogens with zero attached hydrogens (tertiary/aromatic N) is 3. The minimum absolute atomic E-state index is 0.184. The molecule has 1 aliphatic heterocycles. The predicted octanol–water partition coefficient (Wildman–Crippen LogP) is 3.84. The zero-order chi connectivity index (χ0) is 22.4. The summed E-state index contributed by atoms with van der Waals surface area (Å²) in [7, 11) is 1.63. The molecule has 0 aliphatic carbocycles. The maximum Gasteiger partial charge on any atom is 0.267 e. The van der Waals surface area contributed by atoms with E-state index in [2.05, 4.69) is 12.2 Å². The van der Waals surface area contributed by atoms with Crippen LogP contribution in [-0.2, 0) is 9.53 Å². The fourth-order valence-corrected chi connectivity index (χ4v) is 4.64. The predicted molar refractivity (Wildman–Crippen MR) is 131 cm³/mol. The molecule has 1 amide bonds. The molecule has 2 aromatic rings. The van der Waals surface area contributed by atoms with E-state index < -0.39 is 0 Å². The van der Waals surface area contributed by atoms with E-state index in [0.717, 1.165) is 24.8 Å². The standard InChI is InChI=1S/C22H28N4O3S2/c1-4-5-6-10-23-18-16(20(27)25-11-7-9-15(2)19(25)24-18)14-17-21(28)26(22(30)31-17)12-8-13-29-3/h7,9,11,14,23H,4-6,8,10,12-13H2,1-3H3/b17-14+. The largest absolute Gasteiger partial charge is 0.385 e. The quantitative estimate of drug-likeness (QED) is 0.328. The second-order valence-electron chi connectivity index (χ2n) is 7.38. The summed E-state index contributed by atoms with van der Waals surface area (Å²) >= 11 is 6.61. The number of unbranched alkanes of at least 4 members (excludes halogenated alkanes) is 2. The maximum absolute atomic E-state index is 13.3. The second kappa shape index (κ2) is 10.9. The number of pyridine rings is 1. The van der Waals surface area contributed by atoms with Gasteiger partial charge in [0.15, 0.2) is 0 Å². The number of fused-ring (bicyclic) bond motifs is 1. The van der Waals surface area contributed by atoms with Crippen LogP contribution in [0.3, 0.4) is 0 Å². The van der Waals surface area contributed by atoms with Gasteiger partial charge in [-0.15, -0.1) is 0 Å². The van der Waals surface area contributed by atoms with Crippen molar-refractivity contribution in [1.29, 1.82) is 0 Å². The lowest BCUT2D eigenvalue weighted by molar-refractivity contribution is -0.122. The number of aryl methyl sites for hydroxylation is 1. The van der Waals surface area contributed by atoms with E-state index in [1.807, 2.05) is 19.1 Å². The summed E-state index contributed by atoms with van der Waals surface area (Å²) in [5.74, 6) is 0.317. The van der Waals surface area contributed by atoms with Crippen LogP contribution in [-0.4, -0.2) is 51.3 Å². The third kappa shape index (κ3) is 5.34. The van der Waals surface area contributed by atoms with Crippen molar-refractivity contribution < 1.29 is 9.53 Å². The van der Waals surface area contributed by atoms with Crippen LogP contribution in [0.2, 0.25) is 0 Å². The van der Waals surface area contributed by atoms with Gasteiger partial charge in [-0.25, -0.2) is 4.98 Å². The number of carbonyl (C=O) groups is 1. The van der Waals surface area contributed by atoms with Crippen molar-refractivity contribution in [1.82, 2.24) is 14.3 Å². The van der Waals surface area contributed by atoms with Crippen molar-refractivity contribution in [3.05, 3.63) is 44.7 Å². The van der Waals surface area contributed by atoms with Gasteiger partial charge < -0.3 is 10.1 Å². The third-order valence-corrected chi connectivity index (χ3v) is 6.41. The van der Waals surface area contributed by atoms with Gasteiger partial charge in [-0.2, -0.15) is 0 Å². The summed E-state index contributed by atoms with van der Waals surface area (Å²) in [6, 6.07) is 3.74. The SMILES string of the molecule is CCCCCNc1nc2c(C)cccn2c(=O)c1/C=C1/SC(=S)N(CCCOC)C1=O. The van der Waals surface area contributed by atoms with Gasteiger partial charge in [-0.3, -0.25) is 18.9 Å². The number of ether oxygens (including phenoxy) is 1. The van der Waals surface area contributed by atoms with E-state index in [4.69, 9.17) is 21.9 Å². The molecule has 3 heterocycles. The van der Waals surface area contributed by atoms with Gasteiger partial charge >= 0.3 is 0 Å². The number of hydrogen-bond acceptors (Lipinski definition) is 7. The molecule has 0 atom stereocenters. The summed E-state index contributed by atoms with van der Waals surface area (Å²) in [4.78, 5) is 32.9. The molecule has 0 radical (unpaired) electrons. The molecule has 1 saturated heterocycles. The molecule has 1 fully saturated rings. The van der Waals surface area contributed by atoms with Crippen LogP contribution < -0.4 is 10.9 Å². The Labute approximate surface area is 191 Å². The summed E-state index contributed by atoms with van der Waals surface area (Å²) in [6.45, 7) is 5.82. The van der Waals surface area contributed by atoms with E-state index in [0.29, 0.717) is 52.4 Å². The first-order valence-electron chi connectivity index (χ1n) is 10.5. The number of amides is 1. The van der Waals surface area contributed by atoms with Gasteiger partial charge in [0.2, 0.25) is 0 Å². The topological polar surface area (TPSA) is 75.9 Å². The molecule has 1 aliphatic rings. The normalized spacial score (nSPS) is 15.5. The van der Waals surface area contributed by atoms with Gasteiger partial charge in [0, 0.05) is 33.0 Å². The first-order chi connectivity index (χ1) is 15.0. The molecule has 7 nitrogen and oxygen atoms in total. The molecule has 166 valence electrons. The van der Waals surface area contributed by atoms with Crippen LogP contribution in [0.1, 0.15) is 43.7 Å². The lowest BCUT2D eigenvalue weighted by Crippen LogP contribution is -2.29. The average Bonchev–Trinajstić information content (AvgIpc) is 3.02. The minimum Gasteiger partial charge on any atom is -0.385 e. The highest BCUT2D eigenvalue weighted by Crippen LogP contribution is 2.33. The number of thiocarbonyl (C=S) groups is 1. The highest BCUT2D eigenvalue weighted by molar-refractivity contribution is 8.26. The number of aromatic nitrogens is 2. The van der Waals surface area contributed by atoms with Gasteiger partial charge in [-0.05, 0) is 37.5 Å². The van der Waals surface area contributed by atoms with Crippen LogP contribution >= 0.6 is 24.0 Å². The van der Waals surface area contributed by atoms with Gasteiger partial charge in [0.25, 0.3) is 11.5 Å². The number of hydrogen-bond donors (Lipinski definition) is 1. The Hall–Kier alpha value is -2.23. The zero-order valence-electron chi connectivity index (χ0n) is 18.1. The molecule has 0 bridgehead atoms. The molecule has 0 saturated carbocycles. The molecule has 3 rings (SSSR count). The van der Waals surface area contributed by atoms with Gasteiger partial charge in [0.1, 0.15) is 15.8 Å². The number of thioether (sulfide) groups is 1. The molecule has 31 heavy (non-hydrogen) atoms. The second-order valence-corrected chi connectivity index (χ2v) is 9.05. The Bertz CT molecular complexity index is 1060. The van der Waals surface area contributed by atoms with Crippen molar-refractivity contribution in [2.45, 2.75) is 39.5 Å². The summed E-state index contributed by atoms with van der Waals surface area (Å²) in [5, 5.41) is 3.31. The smallest absolute Gasteiger partial charge is 0.267 e. The highest BCUT2D eigenvalue weighted by atomic mass is 32.2. The Morgan fingerprint density at radius 1 is 1.29 bits per heavy atom. The van der Waals surface area contributed by atoms with E-state index >= 15 is 0 Å². The van der Waals surface area contributed by atoms with Crippen LogP contribution in [0.4, 0.5) is 5.82 Å². The first-order valence-corrected chi connectivity index (χ1v) is 11.7. The van der Waals surface area contributed by atoms with E-state index in [1.54, 1.807) is 24.3 Å². The number of methoxy groups -OCH3 is 1. The zero-order valence-corrected chi connectivity index (χ0v) is 19.8. The fourth-order valence-electron chi connectivity index (χ4n) is 3.35. The van der Waals surface area contributed by atoms with Crippen molar-refractivity contribution in [2.24, 2.45) is 0 Å². The average molecular weight is 461 g/mol. The molecule has 0 spiro atoms. The molecule has 0 aromatic carbocycles. The van der Waals surface area contributed by atoms with E-state index in [-0.39, 0.29) is 11.5 Å². The van der Waals surface area contributed by atoms with E-state index in [9.17, 15) is 9.59 Å². The summed E-state index contributed by atoms with van der Waals surface area (Å²) in [6.07, 6.45) is 7.20. The molecule has 1 N–H and O–H groups in total. The number of rotatable bonds is 10. The Balaban J connectivity index is 1.99. The Morgan fingerprint density at radius 2 is 2.10 bits per heavy atom. The lowest BCUT2D eigenvalue weighted by atomic mass is 10.2. The number of carbonyl (C=O) groups excluding carboxylic acids is 1. The molecular formula is C22H28N4O3S2. The summed E-state index contributed by atoms with van der Waals surface area (Å²) in [5.41, 5.74) is 1.68. The molecule has 2 aromatic heterocycles. The summed E-state index contributed by atoms with van der Waals surface area (Å²) < 4.78 is 7.09. The van der Waals surface area contributed by atoms with Gasteiger partial charge in [0.05, 0.1) is 10.5 Å². The molecular weight excluding hydrogens is 432 g/mol. The van der Waals surface area contributed by atoms with Crippen molar-refractivity contribution >= 4 is 51.7 Å². The maximum atomic E-state index is 13.3. The minimum atomic E-state index is -0.212. The Morgan fingerprint density at radius 3 is 2.84 bits per heavy atom. The van der Waals surface area contributed by atoms with Crippen LogP contribution in [0.5, 0.6) is 0 Å². The van der Waals surface area contributed by atoms with E-state index in [1.165, 1.54) is 16.2 Å². The first kappa shape index (κ1) is 23.4. The third-order valence-electron chi connectivity index (χ3n) is 5.04. The monoisotopic (exact) mass is 460 g/mol. The number of nitrogens with one attached hydrogen (secondary N) is 1. The van der Waals surface area contributed by atoms with Crippen LogP contribution in [0, 0.1) is 6.92 Å². The van der Waals surface area contributed by atoms with Gasteiger partial charge in [-0.1, -0.05) is 49.8 Å². The fraction of sp³-hybridized carbons (Fsp3) is 0.455. The van der Waals surface area contributed by atoms with Crippen molar-refractivity contribution in [3.63, 3.8) is 0 Å². The Kier molecular flexibility index (Phi) is 8.22. The number of anilines is 1. The van der Waals surface area contributed by atoms with Crippen molar-refractivity contribution in [2.75, 3.05) is 32.1 Å². The lowest BCUT2D eigenvalue weighted by Gasteiger charge is -2.14. The van der Waals surface area contributed by atoms with Crippen molar-refractivity contribution in [3.8, 4) is 0 Å². The highest BCUT2D eigenvalue weighted by Gasteiger charge is 2.32. The molecule has 9 heteroatoms. The van der Waals surface area contributed by atoms with Crippen LogP contribution in [0.15, 0.2) is 28.0 Å². The van der Waals surface area contributed by atoms with Crippen LogP contribution in [0.25, 0.3) is 11.7 Å². The molecule has 0 unspecified atom stereocenters.